The van der Waals surface area contributed by atoms with Crippen molar-refractivity contribution in [3.8, 4) is 23.3 Å². The van der Waals surface area contributed by atoms with E-state index in [4.69, 9.17) is 10.5 Å². The average molecular weight is 647 g/mol. The summed E-state index contributed by atoms with van der Waals surface area (Å²) in [6.45, 7) is 2.29. The topological polar surface area (TPSA) is 103 Å². The van der Waals surface area contributed by atoms with Crippen molar-refractivity contribution >= 4 is 17.4 Å². The van der Waals surface area contributed by atoms with Crippen molar-refractivity contribution in [2.75, 3.05) is 12.8 Å². The number of fused-ring (bicyclic) bond motifs is 2. The fourth-order valence-corrected chi connectivity index (χ4v) is 9.30. The number of aromatic hydroxyl groups is 1. The number of aromatic nitrogens is 1. The summed E-state index contributed by atoms with van der Waals surface area (Å²) >= 11 is 0. The number of nitrogen functional groups attached to an aromatic ring is 1. The van der Waals surface area contributed by atoms with Gasteiger partial charge in [-0.15, -0.1) is 0 Å². The Hall–Kier alpha value is -4.11. The molecule has 48 heavy (non-hydrogen) atoms. The smallest absolute Gasteiger partial charge is 0.160 e. The Morgan fingerprint density at radius 3 is 2.52 bits per heavy atom. The number of anilines is 1. The summed E-state index contributed by atoms with van der Waals surface area (Å²) in [5.41, 5.74) is 10.3. The summed E-state index contributed by atoms with van der Waals surface area (Å²) in [6.07, 6.45) is 13.2. The number of carbonyl (C=O) groups is 2. The predicted octanol–water partition coefficient (Wildman–Crippen LogP) is 8.24. The van der Waals surface area contributed by atoms with Gasteiger partial charge in [0.05, 0.1) is 19.4 Å². The molecule has 0 spiro atoms. The van der Waals surface area contributed by atoms with Gasteiger partial charge >= 0.3 is 0 Å². The van der Waals surface area contributed by atoms with Crippen molar-refractivity contribution in [3.05, 3.63) is 83.0 Å². The van der Waals surface area contributed by atoms with E-state index in [9.17, 15) is 14.7 Å². The van der Waals surface area contributed by atoms with E-state index in [1.165, 1.54) is 44.8 Å². The van der Waals surface area contributed by atoms with Crippen LogP contribution in [0.15, 0.2) is 60.8 Å². The number of methoxy groups -OCH3 is 1. The Morgan fingerprint density at radius 2 is 1.79 bits per heavy atom. The van der Waals surface area contributed by atoms with Gasteiger partial charge < -0.3 is 15.6 Å². The second-order valence-corrected chi connectivity index (χ2v) is 14.6. The van der Waals surface area contributed by atoms with Gasteiger partial charge in [-0.2, -0.15) is 0 Å². The fraction of sp³-hybridized carbons (Fsp3) is 0.500. The molecule has 5 atom stereocenters. The van der Waals surface area contributed by atoms with Gasteiger partial charge in [0.25, 0.3) is 0 Å². The Labute approximate surface area is 285 Å². The minimum Gasteiger partial charge on any atom is -0.504 e. The van der Waals surface area contributed by atoms with Crippen LogP contribution >= 0.6 is 0 Å². The van der Waals surface area contributed by atoms with Crippen LogP contribution in [-0.2, 0) is 22.4 Å². The number of nitrogens with two attached hydrogens (primary N) is 1. The summed E-state index contributed by atoms with van der Waals surface area (Å²) in [5, 5.41) is 10.9. The number of hydrogen-bond donors (Lipinski definition) is 2. The Kier molecular flexibility index (Phi) is 10.5. The van der Waals surface area contributed by atoms with Crippen molar-refractivity contribution in [1.29, 1.82) is 0 Å². The molecule has 3 aliphatic carbocycles. The van der Waals surface area contributed by atoms with Gasteiger partial charge in [0.1, 0.15) is 17.4 Å². The number of pyridine rings is 1. The van der Waals surface area contributed by atoms with Crippen molar-refractivity contribution in [2.24, 2.45) is 29.1 Å². The summed E-state index contributed by atoms with van der Waals surface area (Å²) in [5.74, 6) is 8.29. The molecule has 2 fully saturated rings. The number of phenolic OH excluding ortho intramolecular Hbond substituents is 1. The van der Waals surface area contributed by atoms with Crippen LogP contribution in [0.25, 0.3) is 0 Å². The van der Waals surface area contributed by atoms with E-state index in [0.717, 1.165) is 48.8 Å². The summed E-state index contributed by atoms with van der Waals surface area (Å²) in [7, 11) is 1.53. The first-order valence-electron chi connectivity index (χ1n) is 18.0. The zero-order chi connectivity index (χ0) is 33.7. The molecule has 1 heterocycles. The van der Waals surface area contributed by atoms with E-state index < -0.39 is 0 Å². The number of benzene rings is 2. The maximum absolute atomic E-state index is 14.3. The fourth-order valence-electron chi connectivity index (χ4n) is 9.30. The lowest BCUT2D eigenvalue weighted by atomic mass is 9.65. The van der Waals surface area contributed by atoms with E-state index in [2.05, 4.69) is 41.9 Å². The molecule has 0 radical (unpaired) electrons. The summed E-state index contributed by atoms with van der Waals surface area (Å²) in [6, 6.07) is 17.8. The number of hydrogen-bond acceptors (Lipinski definition) is 6. The van der Waals surface area contributed by atoms with E-state index in [-0.39, 0.29) is 53.3 Å². The molecule has 2 saturated carbocycles. The minimum absolute atomic E-state index is 0.0321. The van der Waals surface area contributed by atoms with Crippen molar-refractivity contribution in [1.82, 2.24) is 4.98 Å². The second kappa shape index (κ2) is 15.0. The molecule has 2 aromatic carbocycles. The third kappa shape index (κ3) is 7.46. The number of phenols is 1. The van der Waals surface area contributed by atoms with Crippen LogP contribution in [0.3, 0.4) is 0 Å². The number of carbonyl (C=O) groups excluding carboxylic acids is 2. The molecule has 3 aromatic rings. The van der Waals surface area contributed by atoms with Crippen molar-refractivity contribution < 1.29 is 19.4 Å². The van der Waals surface area contributed by atoms with Crippen LogP contribution < -0.4 is 10.5 Å². The second-order valence-electron chi connectivity index (χ2n) is 14.6. The quantitative estimate of drug-likeness (QED) is 0.198. The maximum atomic E-state index is 14.3. The van der Waals surface area contributed by atoms with Crippen LogP contribution in [0.5, 0.6) is 11.5 Å². The molecular formula is C42H50N2O4. The molecule has 6 nitrogen and oxygen atoms in total. The first-order valence-corrected chi connectivity index (χ1v) is 18.0. The molecule has 6 rings (SSSR count). The molecule has 252 valence electrons. The highest BCUT2D eigenvalue weighted by Gasteiger charge is 2.46. The Balaban J connectivity index is 1.48. The van der Waals surface area contributed by atoms with Crippen LogP contribution in [0.1, 0.15) is 106 Å². The highest BCUT2D eigenvalue weighted by Crippen LogP contribution is 2.55. The van der Waals surface area contributed by atoms with Gasteiger partial charge in [-0.05, 0) is 115 Å². The summed E-state index contributed by atoms with van der Waals surface area (Å²) < 4.78 is 5.46. The molecule has 0 aliphatic heterocycles. The zero-order valence-electron chi connectivity index (χ0n) is 28.5. The molecule has 3 N–H and O–H groups in total. The van der Waals surface area contributed by atoms with Gasteiger partial charge in [-0.3, -0.25) is 9.59 Å². The summed E-state index contributed by atoms with van der Waals surface area (Å²) in [4.78, 5) is 32.1. The lowest BCUT2D eigenvalue weighted by molar-refractivity contribution is -0.130. The number of rotatable bonds is 7. The first-order chi connectivity index (χ1) is 23.3. The van der Waals surface area contributed by atoms with E-state index in [0.29, 0.717) is 29.8 Å². The predicted molar refractivity (Wildman–Crippen MR) is 190 cm³/mol. The normalized spacial score (nSPS) is 25.8. The first kappa shape index (κ1) is 33.8. The van der Waals surface area contributed by atoms with Gasteiger partial charge in [-0.25, -0.2) is 4.98 Å². The van der Waals surface area contributed by atoms with Gasteiger partial charge in [0.2, 0.25) is 0 Å². The van der Waals surface area contributed by atoms with E-state index >= 15 is 0 Å². The standard InChI is InChI=1S/C42H50N2O4/c1-3-16-42(17-7-8-18-42)33-22-29(20-28-15-19-44-41(43)23-28)21-31-12-14-35(30-9-5-4-6-10-30)36-27-39(47)40(48-2)24-32(36)11-13-34(45)26-38(46)37(31)25-33/h4-6,9-10,15,19,23-24,27,29,31,33,35,37,47H,3,7-8,11,13,16-18,20-22,25-26H2,1-2H3,(H2,43,44)/t29-,31-,33+,35-,37-/m1/s1. The molecule has 3 aliphatic rings. The zero-order valence-corrected chi connectivity index (χ0v) is 28.5. The van der Waals surface area contributed by atoms with Crippen molar-refractivity contribution in [3.63, 3.8) is 0 Å². The van der Waals surface area contributed by atoms with Crippen LogP contribution in [-0.4, -0.2) is 28.8 Å². The molecule has 1 aromatic heterocycles. The monoisotopic (exact) mass is 646 g/mol. The van der Waals surface area contributed by atoms with Crippen molar-refractivity contribution in [2.45, 2.75) is 96.3 Å². The Morgan fingerprint density at radius 1 is 1.00 bits per heavy atom. The molecular weight excluding hydrogens is 596 g/mol. The van der Waals surface area contributed by atoms with Crippen LogP contribution in [0.4, 0.5) is 5.82 Å². The number of ketones is 2. The third-order valence-electron chi connectivity index (χ3n) is 11.6. The highest BCUT2D eigenvalue weighted by atomic mass is 16.5. The third-order valence-corrected chi connectivity index (χ3v) is 11.6. The molecule has 0 amide bonds. The number of ether oxygens (including phenoxy) is 1. The molecule has 0 saturated heterocycles. The maximum Gasteiger partial charge on any atom is 0.160 e. The van der Waals surface area contributed by atoms with E-state index in [1.807, 2.05) is 30.3 Å². The average Bonchev–Trinajstić information content (AvgIpc) is 3.47. The van der Waals surface area contributed by atoms with E-state index in [1.54, 1.807) is 12.3 Å². The minimum atomic E-state index is -0.331. The number of Topliss-reactive ketones (excluding diaryl/α,β-unsaturated/α-hetero) is 2. The number of nitrogens with zero attached hydrogens (tertiary/aromatic N) is 1. The van der Waals surface area contributed by atoms with Crippen LogP contribution in [0, 0.1) is 40.9 Å². The Bertz CT molecular complexity index is 1670. The highest BCUT2D eigenvalue weighted by molar-refractivity contribution is 6.00. The van der Waals surface area contributed by atoms with Gasteiger partial charge in [0, 0.05) is 24.5 Å². The molecule has 0 bridgehead atoms. The van der Waals surface area contributed by atoms with Crippen LogP contribution in [0.2, 0.25) is 0 Å². The SMILES string of the molecule is CCCC1([C@H]2C[C@H](Cc3ccnc(N)c3)C[C@H]3C#C[C@H](c4ccccc4)c4cc(O)c(OC)cc4CCC(=O)CC(=O)[C@@H]3C2)CCCC1. The van der Waals surface area contributed by atoms with Gasteiger partial charge in [0.15, 0.2) is 11.5 Å². The molecule has 6 heteroatoms. The lowest BCUT2D eigenvalue weighted by Crippen LogP contribution is -2.33. The number of aryl methyl sites for hydroxylation is 1. The lowest BCUT2D eigenvalue weighted by Gasteiger charge is -2.40. The largest absolute Gasteiger partial charge is 0.504 e. The van der Waals surface area contributed by atoms with Gasteiger partial charge in [-0.1, -0.05) is 68.4 Å². The molecule has 0 unspecified atom stereocenters.